The average molecular weight is 233 g/mol. The topological polar surface area (TPSA) is 26.3 Å². The average Bonchev–Trinajstić information content (AvgIpc) is 2.16. The zero-order valence-electron chi connectivity index (χ0n) is 7.72. The molecule has 1 aromatic rings. The predicted molar refractivity (Wildman–Crippen MR) is 57.3 cm³/mol. The molecule has 0 radical (unpaired) electrons. The third-order valence-electron chi connectivity index (χ3n) is 1.69. The Morgan fingerprint density at radius 3 is 2.43 bits per heavy atom. The summed E-state index contributed by atoms with van der Waals surface area (Å²) in [7, 11) is 0. The smallest absolute Gasteiger partial charge is 0.169 e. The first-order valence-corrected chi connectivity index (χ1v) is 4.99. The summed E-state index contributed by atoms with van der Waals surface area (Å²) in [4.78, 5) is 11.0. The minimum atomic E-state index is 0.0138. The maximum Gasteiger partial charge on any atom is 0.169 e. The van der Waals surface area contributed by atoms with E-state index in [1.807, 2.05) is 0 Å². The number of hydrogen-bond acceptors (Lipinski definition) is 2. The van der Waals surface area contributed by atoms with Gasteiger partial charge in [0, 0.05) is 6.42 Å². The summed E-state index contributed by atoms with van der Waals surface area (Å²) in [6.07, 6.45) is 0.446. The molecule has 0 spiro atoms. The van der Waals surface area contributed by atoms with Crippen molar-refractivity contribution in [3.8, 4) is 5.75 Å². The van der Waals surface area contributed by atoms with Gasteiger partial charge in [-0.2, -0.15) is 0 Å². The largest absolute Gasteiger partial charge is 0.483 e. The van der Waals surface area contributed by atoms with E-state index in [0.717, 1.165) is 0 Å². The van der Waals surface area contributed by atoms with Crippen LogP contribution in [0.1, 0.15) is 13.3 Å². The van der Waals surface area contributed by atoms with E-state index in [1.165, 1.54) is 0 Å². The molecule has 0 bridgehead atoms. The summed E-state index contributed by atoms with van der Waals surface area (Å²) in [5.74, 6) is 0.388. The third-order valence-corrected chi connectivity index (χ3v) is 2.29. The van der Waals surface area contributed by atoms with Crippen LogP contribution in [0, 0.1) is 0 Å². The summed E-state index contributed by atoms with van der Waals surface area (Å²) in [5.41, 5.74) is 0. The number of rotatable bonds is 4. The normalized spacial score (nSPS) is 9.93. The van der Waals surface area contributed by atoms with Gasteiger partial charge in [-0.05, 0) is 12.1 Å². The molecule has 0 fully saturated rings. The van der Waals surface area contributed by atoms with Gasteiger partial charge in [-0.3, -0.25) is 4.79 Å². The number of carbonyl (C=O) groups excluding carboxylic acids is 1. The molecule has 1 rings (SSSR count). The number of carbonyl (C=O) groups is 1. The lowest BCUT2D eigenvalue weighted by atomic mass is 10.3. The molecule has 2 nitrogen and oxygen atoms in total. The molecule has 14 heavy (non-hydrogen) atoms. The van der Waals surface area contributed by atoms with Crippen molar-refractivity contribution < 1.29 is 9.53 Å². The van der Waals surface area contributed by atoms with Crippen LogP contribution in [0.25, 0.3) is 0 Å². The minimum absolute atomic E-state index is 0.0138. The van der Waals surface area contributed by atoms with Gasteiger partial charge in [0.15, 0.2) is 11.5 Å². The van der Waals surface area contributed by atoms with Crippen LogP contribution in [0.15, 0.2) is 18.2 Å². The molecule has 0 unspecified atom stereocenters. The molecule has 0 atom stereocenters. The fourth-order valence-corrected chi connectivity index (χ4v) is 1.38. The summed E-state index contributed by atoms with van der Waals surface area (Å²) >= 11 is 11.7. The Balaban J connectivity index is 2.71. The van der Waals surface area contributed by atoms with Crippen LogP contribution in [0.4, 0.5) is 0 Å². The van der Waals surface area contributed by atoms with E-state index in [4.69, 9.17) is 27.9 Å². The van der Waals surface area contributed by atoms with Crippen molar-refractivity contribution in [3.05, 3.63) is 28.2 Å². The lowest BCUT2D eigenvalue weighted by molar-refractivity contribution is -0.120. The highest BCUT2D eigenvalue weighted by Gasteiger charge is 2.07. The molecule has 0 aliphatic carbocycles. The zero-order chi connectivity index (χ0) is 10.6. The first kappa shape index (κ1) is 11.3. The molecule has 0 saturated heterocycles. The molecule has 0 aromatic heterocycles. The van der Waals surface area contributed by atoms with Gasteiger partial charge >= 0.3 is 0 Å². The van der Waals surface area contributed by atoms with E-state index in [-0.39, 0.29) is 12.4 Å². The van der Waals surface area contributed by atoms with E-state index in [0.29, 0.717) is 22.2 Å². The highest BCUT2D eigenvalue weighted by molar-refractivity contribution is 6.37. The number of para-hydroxylation sites is 1. The Morgan fingerprint density at radius 1 is 1.36 bits per heavy atom. The van der Waals surface area contributed by atoms with E-state index in [1.54, 1.807) is 25.1 Å². The van der Waals surface area contributed by atoms with Crippen LogP contribution in [-0.2, 0) is 4.79 Å². The molecular formula is C10H10Cl2O2. The highest BCUT2D eigenvalue weighted by atomic mass is 35.5. The fraction of sp³-hybridized carbons (Fsp3) is 0.300. The Bertz CT molecular complexity index is 317. The lowest BCUT2D eigenvalue weighted by Gasteiger charge is -2.07. The quantitative estimate of drug-likeness (QED) is 0.796. The maximum atomic E-state index is 11.0. The lowest BCUT2D eigenvalue weighted by Crippen LogP contribution is -2.09. The second-order valence-electron chi connectivity index (χ2n) is 2.73. The van der Waals surface area contributed by atoms with Gasteiger partial charge in [-0.15, -0.1) is 0 Å². The van der Waals surface area contributed by atoms with Crippen molar-refractivity contribution in [3.63, 3.8) is 0 Å². The fourth-order valence-electron chi connectivity index (χ4n) is 0.875. The second-order valence-corrected chi connectivity index (χ2v) is 3.55. The van der Waals surface area contributed by atoms with Crippen LogP contribution >= 0.6 is 23.2 Å². The predicted octanol–water partition coefficient (Wildman–Crippen LogP) is 3.35. The van der Waals surface area contributed by atoms with E-state index >= 15 is 0 Å². The molecule has 0 heterocycles. The van der Waals surface area contributed by atoms with Crippen molar-refractivity contribution >= 4 is 29.0 Å². The summed E-state index contributed by atoms with van der Waals surface area (Å²) in [6.45, 7) is 1.79. The number of ketones is 1. The van der Waals surface area contributed by atoms with Crippen LogP contribution in [0.3, 0.4) is 0 Å². The Hall–Kier alpha value is -0.730. The maximum absolute atomic E-state index is 11.0. The molecule has 4 heteroatoms. The van der Waals surface area contributed by atoms with Crippen molar-refractivity contribution in [2.24, 2.45) is 0 Å². The van der Waals surface area contributed by atoms with Gasteiger partial charge in [-0.25, -0.2) is 0 Å². The molecule has 0 saturated carbocycles. The number of Topliss-reactive ketones (excluding diaryl/α,β-unsaturated/α-hetero) is 1. The SMILES string of the molecule is CCC(=O)COc1c(Cl)cccc1Cl. The summed E-state index contributed by atoms with van der Waals surface area (Å²) < 4.78 is 5.21. The van der Waals surface area contributed by atoms with Gasteiger partial charge in [0.1, 0.15) is 6.61 Å². The summed E-state index contributed by atoms with van der Waals surface area (Å²) in [6, 6.07) is 5.05. The van der Waals surface area contributed by atoms with Gasteiger partial charge in [0.05, 0.1) is 10.0 Å². The second kappa shape index (κ2) is 5.23. The van der Waals surface area contributed by atoms with Crippen LogP contribution < -0.4 is 4.74 Å². The van der Waals surface area contributed by atoms with Crippen LogP contribution in [-0.4, -0.2) is 12.4 Å². The van der Waals surface area contributed by atoms with Crippen molar-refractivity contribution in [1.29, 1.82) is 0 Å². The molecule has 1 aromatic carbocycles. The monoisotopic (exact) mass is 232 g/mol. The highest BCUT2D eigenvalue weighted by Crippen LogP contribution is 2.32. The van der Waals surface area contributed by atoms with Crippen molar-refractivity contribution in [2.75, 3.05) is 6.61 Å². The Kier molecular flexibility index (Phi) is 4.23. The van der Waals surface area contributed by atoms with Gasteiger partial charge in [-0.1, -0.05) is 36.2 Å². The Labute approximate surface area is 92.8 Å². The number of ether oxygens (including phenoxy) is 1. The number of benzene rings is 1. The van der Waals surface area contributed by atoms with Crippen LogP contribution in [0.2, 0.25) is 10.0 Å². The first-order chi connectivity index (χ1) is 6.65. The minimum Gasteiger partial charge on any atom is -0.483 e. The van der Waals surface area contributed by atoms with E-state index < -0.39 is 0 Å². The first-order valence-electron chi connectivity index (χ1n) is 4.23. The van der Waals surface area contributed by atoms with Crippen LogP contribution in [0.5, 0.6) is 5.75 Å². The molecule has 76 valence electrons. The Morgan fingerprint density at radius 2 is 1.93 bits per heavy atom. The van der Waals surface area contributed by atoms with Gasteiger partial charge in [0.2, 0.25) is 0 Å². The molecule has 0 N–H and O–H groups in total. The van der Waals surface area contributed by atoms with Gasteiger partial charge < -0.3 is 4.74 Å². The zero-order valence-corrected chi connectivity index (χ0v) is 9.23. The van der Waals surface area contributed by atoms with E-state index in [2.05, 4.69) is 0 Å². The van der Waals surface area contributed by atoms with Gasteiger partial charge in [0.25, 0.3) is 0 Å². The van der Waals surface area contributed by atoms with Crippen molar-refractivity contribution in [2.45, 2.75) is 13.3 Å². The number of hydrogen-bond donors (Lipinski definition) is 0. The van der Waals surface area contributed by atoms with Crippen molar-refractivity contribution in [1.82, 2.24) is 0 Å². The van der Waals surface area contributed by atoms with E-state index in [9.17, 15) is 4.79 Å². The summed E-state index contributed by atoms with van der Waals surface area (Å²) in [5, 5.41) is 0.836. The molecule has 0 aliphatic rings. The molecule has 0 amide bonds. The third kappa shape index (κ3) is 2.89. The standard InChI is InChI=1S/C10H10Cl2O2/c1-2-7(13)6-14-10-8(11)4-3-5-9(10)12/h3-5H,2,6H2,1H3. The number of halogens is 2. The molecular weight excluding hydrogens is 223 g/mol. The molecule has 0 aliphatic heterocycles.